The molecule has 19 heavy (non-hydrogen) atoms. The molecule has 1 aromatic carbocycles. The quantitative estimate of drug-likeness (QED) is 0.845. The van der Waals surface area contributed by atoms with Crippen LogP contribution in [0.4, 0.5) is 0 Å². The topological polar surface area (TPSA) is 31.4 Å². The van der Waals surface area contributed by atoms with Crippen LogP contribution in [0.1, 0.15) is 11.3 Å². The third-order valence-corrected chi connectivity index (χ3v) is 3.51. The zero-order valence-electron chi connectivity index (χ0n) is 11.0. The molecule has 1 aliphatic rings. The van der Waals surface area contributed by atoms with E-state index >= 15 is 0 Å². The predicted octanol–water partition coefficient (Wildman–Crippen LogP) is 2.88. The van der Waals surface area contributed by atoms with Crippen LogP contribution in [0.15, 0.2) is 42.6 Å². The van der Waals surface area contributed by atoms with Gasteiger partial charge in [-0.15, -0.1) is 0 Å². The summed E-state index contributed by atoms with van der Waals surface area (Å²) in [5, 5.41) is 0. The highest BCUT2D eigenvalue weighted by Crippen LogP contribution is 2.29. The first-order chi connectivity index (χ1) is 9.36. The summed E-state index contributed by atoms with van der Waals surface area (Å²) >= 11 is 0. The van der Waals surface area contributed by atoms with Crippen LogP contribution in [0.25, 0.3) is 0 Å². The molecular weight excluding hydrogens is 238 g/mol. The zero-order valence-corrected chi connectivity index (χ0v) is 11.0. The average Bonchev–Trinajstić information content (AvgIpc) is 2.48. The molecule has 0 aliphatic carbocycles. The summed E-state index contributed by atoms with van der Waals surface area (Å²) in [4.78, 5) is 4.42. The Labute approximate surface area is 113 Å². The van der Waals surface area contributed by atoms with E-state index in [0.29, 0.717) is 5.92 Å². The number of methoxy groups -OCH3 is 1. The van der Waals surface area contributed by atoms with Gasteiger partial charge in [-0.1, -0.05) is 18.2 Å². The fraction of sp³-hybridized carbons (Fsp3) is 0.312. The highest BCUT2D eigenvalue weighted by molar-refractivity contribution is 5.35. The molecule has 98 valence electrons. The summed E-state index contributed by atoms with van der Waals surface area (Å²) in [6, 6.07) is 12.1. The monoisotopic (exact) mass is 255 g/mol. The lowest BCUT2D eigenvalue weighted by molar-refractivity contribution is 0.219. The number of fused-ring (bicyclic) bond motifs is 1. The molecule has 2 heterocycles. The molecule has 0 amide bonds. The van der Waals surface area contributed by atoms with Gasteiger partial charge in [0.1, 0.15) is 11.5 Å². The number of pyridine rings is 1. The summed E-state index contributed by atoms with van der Waals surface area (Å²) in [6.45, 7) is 0.747. The van der Waals surface area contributed by atoms with E-state index in [1.54, 1.807) is 7.11 Å². The van der Waals surface area contributed by atoms with Crippen LogP contribution in [-0.4, -0.2) is 18.7 Å². The number of benzene rings is 1. The van der Waals surface area contributed by atoms with E-state index in [2.05, 4.69) is 17.1 Å². The molecule has 0 fully saturated rings. The van der Waals surface area contributed by atoms with Gasteiger partial charge in [0.25, 0.3) is 0 Å². The molecule has 0 bridgehead atoms. The molecular formula is C16H17NO2. The van der Waals surface area contributed by atoms with Gasteiger partial charge in [0.15, 0.2) is 0 Å². The van der Waals surface area contributed by atoms with Crippen molar-refractivity contribution in [2.24, 2.45) is 5.92 Å². The number of rotatable bonds is 3. The van der Waals surface area contributed by atoms with Gasteiger partial charge in [-0.25, -0.2) is 0 Å². The maximum Gasteiger partial charge on any atom is 0.140 e. The molecule has 3 heteroatoms. The first-order valence-electron chi connectivity index (χ1n) is 6.55. The fourth-order valence-corrected chi connectivity index (χ4v) is 2.56. The largest absolute Gasteiger partial charge is 0.495 e. The zero-order chi connectivity index (χ0) is 13.1. The van der Waals surface area contributed by atoms with Crippen molar-refractivity contribution < 1.29 is 9.47 Å². The van der Waals surface area contributed by atoms with Crippen LogP contribution in [-0.2, 0) is 12.8 Å². The third-order valence-electron chi connectivity index (χ3n) is 3.51. The molecule has 1 aliphatic heterocycles. The Morgan fingerprint density at radius 3 is 3.05 bits per heavy atom. The van der Waals surface area contributed by atoms with Gasteiger partial charge < -0.3 is 9.47 Å². The summed E-state index contributed by atoms with van der Waals surface area (Å²) in [6.07, 6.45) is 3.74. The normalized spacial score (nSPS) is 17.4. The van der Waals surface area contributed by atoms with Gasteiger partial charge in [-0.3, -0.25) is 4.98 Å². The molecule has 1 atom stereocenters. The maximum atomic E-state index is 5.81. The number of para-hydroxylation sites is 1. The van der Waals surface area contributed by atoms with Crippen molar-refractivity contribution in [3.63, 3.8) is 0 Å². The van der Waals surface area contributed by atoms with Crippen LogP contribution < -0.4 is 9.47 Å². The standard InChI is InChI=1S/C16H17NO2/c1-18-16-7-4-8-17-14(16)10-12-9-13-5-2-3-6-15(13)19-11-12/h2-8,12H,9-11H2,1H3/t12-/m0/s1. The van der Waals surface area contributed by atoms with Crippen LogP contribution in [0.3, 0.4) is 0 Å². The van der Waals surface area contributed by atoms with Crippen molar-refractivity contribution in [1.29, 1.82) is 0 Å². The van der Waals surface area contributed by atoms with Crippen molar-refractivity contribution in [3.05, 3.63) is 53.9 Å². The molecule has 2 aromatic rings. The van der Waals surface area contributed by atoms with E-state index in [-0.39, 0.29) is 0 Å². The molecule has 0 saturated heterocycles. The van der Waals surface area contributed by atoms with Crippen LogP contribution in [0.2, 0.25) is 0 Å². The smallest absolute Gasteiger partial charge is 0.140 e. The third kappa shape index (κ3) is 2.55. The van der Waals surface area contributed by atoms with E-state index in [4.69, 9.17) is 9.47 Å². The highest BCUT2D eigenvalue weighted by Gasteiger charge is 2.21. The summed E-state index contributed by atoms with van der Waals surface area (Å²) < 4.78 is 11.2. The number of aromatic nitrogens is 1. The lowest BCUT2D eigenvalue weighted by Crippen LogP contribution is -2.23. The van der Waals surface area contributed by atoms with E-state index < -0.39 is 0 Å². The Morgan fingerprint density at radius 1 is 1.26 bits per heavy atom. The second-order valence-electron chi connectivity index (χ2n) is 4.85. The van der Waals surface area contributed by atoms with E-state index in [0.717, 1.165) is 36.6 Å². The number of hydrogen-bond acceptors (Lipinski definition) is 3. The minimum atomic E-state index is 0.457. The summed E-state index contributed by atoms with van der Waals surface area (Å²) in [7, 11) is 1.69. The van der Waals surface area contributed by atoms with Crippen molar-refractivity contribution in [1.82, 2.24) is 4.98 Å². The number of ether oxygens (including phenoxy) is 2. The molecule has 0 spiro atoms. The van der Waals surface area contributed by atoms with Gasteiger partial charge in [-0.2, -0.15) is 0 Å². The lowest BCUT2D eigenvalue weighted by atomic mass is 9.92. The van der Waals surface area contributed by atoms with Crippen LogP contribution >= 0.6 is 0 Å². The second-order valence-corrected chi connectivity index (χ2v) is 4.85. The molecule has 0 saturated carbocycles. The molecule has 0 radical (unpaired) electrons. The van der Waals surface area contributed by atoms with Gasteiger partial charge in [-0.05, 0) is 36.6 Å². The van der Waals surface area contributed by atoms with Gasteiger partial charge in [0, 0.05) is 12.1 Å². The van der Waals surface area contributed by atoms with E-state index in [1.165, 1.54) is 5.56 Å². The number of nitrogens with zero attached hydrogens (tertiary/aromatic N) is 1. The van der Waals surface area contributed by atoms with Crippen LogP contribution in [0, 0.1) is 5.92 Å². The SMILES string of the molecule is COc1cccnc1C[C@H]1COc2ccccc2C1. The minimum absolute atomic E-state index is 0.457. The molecule has 0 N–H and O–H groups in total. The lowest BCUT2D eigenvalue weighted by Gasteiger charge is -2.25. The van der Waals surface area contributed by atoms with E-state index in [9.17, 15) is 0 Å². The van der Waals surface area contributed by atoms with Gasteiger partial charge in [0.05, 0.1) is 19.4 Å². The van der Waals surface area contributed by atoms with E-state index in [1.807, 2.05) is 30.5 Å². The Bertz CT molecular complexity index is 568. The van der Waals surface area contributed by atoms with Gasteiger partial charge >= 0.3 is 0 Å². The van der Waals surface area contributed by atoms with Crippen molar-refractivity contribution >= 4 is 0 Å². The highest BCUT2D eigenvalue weighted by atomic mass is 16.5. The van der Waals surface area contributed by atoms with Crippen molar-refractivity contribution in [2.45, 2.75) is 12.8 Å². The number of hydrogen-bond donors (Lipinski definition) is 0. The molecule has 3 rings (SSSR count). The summed E-state index contributed by atoms with van der Waals surface area (Å²) in [5.41, 5.74) is 2.30. The predicted molar refractivity (Wildman–Crippen MR) is 73.6 cm³/mol. The second kappa shape index (κ2) is 5.31. The first kappa shape index (κ1) is 12.0. The maximum absolute atomic E-state index is 5.81. The van der Waals surface area contributed by atoms with Gasteiger partial charge in [0.2, 0.25) is 0 Å². The molecule has 3 nitrogen and oxygen atoms in total. The summed E-state index contributed by atoms with van der Waals surface area (Å²) in [5.74, 6) is 2.34. The Hall–Kier alpha value is -2.03. The Kier molecular flexibility index (Phi) is 3.36. The minimum Gasteiger partial charge on any atom is -0.495 e. The first-order valence-corrected chi connectivity index (χ1v) is 6.55. The molecule has 0 unspecified atom stereocenters. The van der Waals surface area contributed by atoms with Crippen molar-refractivity contribution in [2.75, 3.05) is 13.7 Å². The van der Waals surface area contributed by atoms with Crippen LogP contribution in [0.5, 0.6) is 11.5 Å². The Morgan fingerprint density at radius 2 is 2.16 bits per heavy atom. The Balaban J connectivity index is 1.75. The average molecular weight is 255 g/mol. The molecule has 1 aromatic heterocycles. The van der Waals surface area contributed by atoms with Crippen molar-refractivity contribution in [3.8, 4) is 11.5 Å². The fourth-order valence-electron chi connectivity index (χ4n) is 2.56.